The molecule has 0 aromatic carbocycles. The highest BCUT2D eigenvalue weighted by Gasteiger charge is 2.20. The Bertz CT molecular complexity index is 477. The van der Waals surface area contributed by atoms with Gasteiger partial charge in [0.15, 0.2) is 5.69 Å². The number of carbonyl (C=O) groups excluding carboxylic acids is 2. The van der Waals surface area contributed by atoms with E-state index in [1.165, 1.54) is 4.68 Å². The molecule has 103 valence electrons. The Morgan fingerprint density at radius 3 is 3.00 bits per heavy atom. The van der Waals surface area contributed by atoms with Crippen molar-refractivity contribution in [1.29, 1.82) is 0 Å². The van der Waals surface area contributed by atoms with E-state index in [-0.39, 0.29) is 23.4 Å². The van der Waals surface area contributed by atoms with Crippen LogP contribution in [-0.2, 0) is 11.3 Å². The number of hydrogen-bond acceptors (Lipinski definition) is 4. The molecule has 1 aromatic rings. The molecule has 2 heterocycles. The number of carbonyl (C=O) groups is 2. The molecule has 0 aliphatic carbocycles. The van der Waals surface area contributed by atoms with E-state index in [1.54, 1.807) is 0 Å². The predicted octanol–water partition coefficient (Wildman–Crippen LogP) is -0.289. The molecule has 2 rings (SSSR count). The van der Waals surface area contributed by atoms with Crippen LogP contribution in [0.4, 0.5) is 0 Å². The molecule has 1 radical (unpaired) electrons. The lowest BCUT2D eigenvalue weighted by Gasteiger charge is -2.10. The maximum Gasteiger partial charge on any atom is 0.270 e. The molecule has 1 aliphatic heterocycles. The monoisotopic (exact) mass is 265 g/mol. The van der Waals surface area contributed by atoms with Crippen LogP contribution in [0.25, 0.3) is 0 Å². The van der Waals surface area contributed by atoms with Crippen molar-refractivity contribution in [3.63, 3.8) is 0 Å². The fourth-order valence-corrected chi connectivity index (χ4v) is 1.98. The van der Waals surface area contributed by atoms with Crippen molar-refractivity contribution in [1.82, 2.24) is 15.1 Å². The summed E-state index contributed by atoms with van der Waals surface area (Å²) >= 11 is 0. The van der Waals surface area contributed by atoms with Gasteiger partial charge in [0.25, 0.3) is 11.8 Å². The zero-order chi connectivity index (χ0) is 13.8. The number of rotatable bonds is 5. The molecule has 1 saturated heterocycles. The van der Waals surface area contributed by atoms with Gasteiger partial charge in [-0.15, -0.1) is 0 Å². The van der Waals surface area contributed by atoms with Crippen molar-refractivity contribution in [2.24, 2.45) is 5.73 Å². The van der Waals surface area contributed by atoms with Gasteiger partial charge in [0.05, 0.1) is 12.2 Å². The average Bonchev–Trinajstić information content (AvgIpc) is 3.04. The maximum absolute atomic E-state index is 12.0. The third-order valence-corrected chi connectivity index (χ3v) is 2.98. The third kappa shape index (κ3) is 3.11. The van der Waals surface area contributed by atoms with Crippen LogP contribution in [0.1, 0.15) is 40.7 Å². The van der Waals surface area contributed by atoms with Crippen molar-refractivity contribution in [2.75, 3.05) is 13.2 Å². The van der Waals surface area contributed by atoms with Crippen LogP contribution >= 0.6 is 0 Å². The first-order valence-corrected chi connectivity index (χ1v) is 6.31. The Morgan fingerprint density at radius 2 is 2.42 bits per heavy atom. The molecule has 1 atom stereocenters. The van der Waals surface area contributed by atoms with Gasteiger partial charge in [-0.2, -0.15) is 5.10 Å². The number of primary amides is 1. The normalized spacial score (nSPS) is 18.5. The first kappa shape index (κ1) is 13.5. The molecule has 0 spiro atoms. The van der Waals surface area contributed by atoms with Gasteiger partial charge in [-0.25, -0.2) is 0 Å². The summed E-state index contributed by atoms with van der Waals surface area (Å²) in [7, 11) is 0. The minimum absolute atomic E-state index is 0.0240. The Labute approximate surface area is 111 Å². The largest absolute Gasteiger partial charge is 0.376 e. The van der Waals surface area contributed by atoms with Crippen molar-refractivity contribution in [3.8, 4) is 0 Å². The van der Waals surface area contributed by atoms with E-state index in [9.17, 15) is 9.59 Å². The molecule has 7 heteroatoms. The smallest absolute Gasteiger partial charge is 0.270 e. The van der Waals surface area contributed by atoms with Gasteiger partial charge >= 0.3 is 0 Å². The first-order valence-electron chi connectivity index (χ1n) is 6.31. The molecule has 19 heavy (non-hydrogen) atoms. The molecule has 2 amide bonds. The van der Waals surface area contributed by atoms with Gasteiger partial charge in [-0.1, -0.05) is 0 Å². The summed E-state index contributed by atoms with van der Waals surface area (Å²) in [5.41, 5.74) is 5.32. The van der Waals surface area contributed by atoms with Gasteiger partial charge in [0, 0.05) is 19.7 Å². The second-order valence-corrected chi connectivity index (χ2v) is 4.35. The fraction of sp³-hybridized carbons (Fsp3) is 0.583. The summed E-state index contributed by atoms with van der Waals surface area (Å²) < 4.78 is 6.83. The summed E-state index contributed by atoms with van der Waals surface area (Å²) in [6.07, 6.45) is 2.03. The Balaban J connectivity index is 2.02. The van der Waals surface area contributed by atoms with Crippen LogP contribution < -0.4 is 11.1 Å². The van der Waals surface area contributed by atoms with E-state index in [4.69, 9.17) is 10.5 Å². The second kappa shape index (κ2) is 5.83. The highest BCUT2D eigenvalue weighted by atomic mass is 16.5. The fourth-order valence-electron chi connectivity index (χ4n) is 1.98. The number of nitrogens with zero attached hydrogens (tertiary/aromatic N) is 2. The SMILES string of the molecule is CCn1nc(C(N)=O)[c]c1C(=O)NCC1CCCO1. The summed E-state index contributed by atoms with van der Waals surface area (Å²) in [6.45, 7) is 3.48. The minimum atomic E-state index is -0.694. The van der Waals surface area contributed by atoms with Gasteiger partial charge in [-0.3, -0.25) is 14.3 Å². The van der Waals surface area contributed by atoms with Crippen molar-refractivity contribution in [2.45, 2.75) is 32.4 Å². The number of aryl methyl sites for hydroxylation is 1. The van der Waals surface area contributed by atoms with Crippen LogP contribution in [0.2, 0.25) is 0 Å². The van der Waals surface area contributed by atoms with Gasteiger partial charge in [-0.05, 0) is 19.8 Å². The number of aromatic nitrogens is 2. The van der Waals surface area contributed by atoms with Gasteiger partial charge in [0.1, 0.15) is 5.69 Å². The first-order chi connectivity index (χ1) is 9.11. The van der Waals surface area contributed by atoms with Crippen LogP contribution in [0.3, 0.4) is 0 Å². The number of hydrogen-bond donors (Lipinski definition) is 2. The zero-order valence-corrected chi connectivity index (χ0v) is 10.8. The highest BCUT2D eigenvalue weighted by molar-refractivity contribution is 5.96. The maximum atomic E-state index is 12.0. The number of amides is 2. The van der Waals surface area contributed by atoms with E-state index < -0.39 is 5.91 Å². The number of ether oxygens (including phenoxy) is 1. The molecule has 0 saturated carbocycles. The van der Waals surface area contributed by atoms with Gasteiger partial charge in [0.2, 0.25) is 0 Å². The third-order valence-electron chi connectivity index (χ3n) is 2.98. The Morgan fingerprint density at radius 1 is 1.63 bits per heavy atom. The van der Waals surface area contributed by atoms with E-state index in [0.29, 0.717) is 13.1 Å². The van der Waals surface area contributed by atoms with Crippen molar-refractivity contribution < 1.29 is 14.3 Å². The molecule has 0 bridgehead atoms. The molecule has 1 aliphatic rings. The van der Waals surface area contributed by atoms with Crippen LogP contribution in [-0.4, -0.2) is 40.9 Å². The highest BCUT2D eigenvalue weighted by Crippen LogP contribution is 2.11. The molecule has 1 unspecified atom stereocenters. The molecule has 1 fully saturated rings. The number of nitrogens with one attached hydrogen (secondary N) is 1. The molecule has 1 aromatic heterocycles. The molecular formula is C12H17N4O3. The summed E-state index contributed by atoms with van der Waals surface area (Å²) in [6, 6.07) is 2.63. The van der Waals surface area contributed by atoms with E-state index >= 15 is 0 Å². The topological polar surface area (TPSA) is 99.2 Å². The average molecular weight is 265 g/mol. The lowest BCUT2D eigenvalue weighted by molar-refractivity contribution is 0.0848. The summed E-state index contributed by atoms with van der Waals surface area (Å²) in [5, 5.41) is 6.68. The summed E-state index contributed by atoms with van der Waals surface area (Å²) in [5.74, 6) is -1.02. The lowest BCUT2D eigenvalue weighted by atomic mass is 10.2. The lowest BCUT2D eigenvalue weighted by Crippen LogP contribution is -2.33. The quantitative estimate of drug-likeness (QED) is 0.764. The van der Waals surface area contributed by atoms with Crippen molar-refractivity contribution >= 4 is 11.8 Å². The number of nitrogens with two attached hydrogens (primary N) is 1. The standard InChI is InChI=1S/C12H17N4O3/c1-2-16-10(6-9(15-16)11(13)17)12(18)14-7-8-4-3-5-19-8/h8H,2-5,7H2,1H3,(H2,13,17)(H,14,18). The minimum Gasteiger partial charge on any atom is -0.376 e. The zero-order valence-electron chi connectivity index (χ0n) is 10.8. The molecule has 3 N–H and O–H groups in total. The van der Waals surface area contributed by atoms with Gasteiger partial charge < -0.3 is 15.8 Å². The predicted molar refractivity (Wildman–Crippen MR) is 66.6 cm³/mol. The van der Waals surface area contributed by atoms with E-state index in [0.717, 1.165) is 19.4 Å². The molecule has 7 nitrogen and oxygen atoms in total. The molecular weight excluding hydrogens is 248 g/mol. The Hall–Kier alpha value is -1.89. The van der Waals surface area contributed by atoms with E-state index in [2.05, 4.69) is 16.5 Å². The van der Waals surface area contributed by atoms with Crippen LogP contribution in [0.5, 0.6) is 0 Å². The second-order valence-electron chi connectivity index (χ2n) is 4.35. The van der Waals surface area contributed by atoms with Crippen molar-refractivity contribution in [3.05, 3.63) is 17.5 Å². The Kier molecular flexibility index (Phi) is 4.16. The summed E-state index contributed by atoms with van der Waals surface area (Å²) in [4.78, 5) is 23.0. The van der Waals surface area contributed by atoms with Crippen LogP contribution in [0.15, 0.2) is 0 Å². The van der Waals surface area contributed by atoms with Crippen LogP contribution in [0, 0.1) is 6.07 Å². The van der Waals surface area contributed by atoms with E-state index in [1.807, 2.05) is 6.92 Å².